The molecule has 1 N–H and O–H groups in total. The van der Waals surface area contributed by atoms with E-state index in [9.17, 15) is 10.1 Å². The first-order chi connectivity index (χ1) is 8.06. The average Bonchev–Trinajstić information content (AvgIpc) is 2.28. The molecule has 0 aliphatic rings. The fourth-order valence-electron chi connectivity index (χ4n) is 1.41. The SMILES string of the molecule is COCC(Nc1ncccc1[N+](=O)[O-])C(C)C. The lowest BCUT2D eigenvalue weighted by atomic mass is 10.1. The van der Waals surface area contributed by atoms with Gasteiger partial charge in [0.15, 0.2) is 0 Å². The lowest BCUT2D eigenvalue weighted by Gasteiger charge is -2.21. The second-order valence-corrected chi connectivity index (χ2v) is 4.08. The van der Waals surface area contributed by atoms with E-state index in [1.807, 2.05) is 13.8 Å². The number of ether oxygens (including phenoxy) is 1. The highest BCUT2D eigenvalue weighted by atomic mass is 16.6. The van der Waals surface area contributed by atoms with Gasteiger partial charge in [-0.05, 0) is 12.0 Å². The van der Waals surface area contributed by atoms with Crippen LogP contribution in [0, 0.1) is 16.0 Å². The molecule has 1 heterocycles. The van der Waals surface area contributed by atoms with E-state index in [4.69, 9.17) is 4.74 Å². The molecule has 6 heteroatoms. The van der Waals surface area contributed by atoms with Crippen LogP contribution in [0.25, 0.3) is 0 Å². The van der Waals surface area contributed by atoms with Crippen molar-refractivity contribution >= 4 is 11.5 Å². The number of nitrogens with one attached hydrogen (secondary N) is 1. The standard InChI is InChI=1S/C11H17N3O3/c1-8(2)9(7-17-3)13-11-10(14(15)16)5-4-6-12-11/h4-6,8-9H,7H2,1-3H3,(H,12,13). The Morgan fingerprint density at radius 1 is 1.59 bits per heavy atom. The van der Waals surface area contributed by atoms with Gasteiger partial charge in [0.25, 0.3) is 0 Å². The summed E-state index contributed by atoms with van der Waals surface area (Å²) in [6.07, 6.45) is 1.53. The number of hydrogen-bond donors (Lipinski definition) is 1. The number of aromatic nitrogens is 1. The maximum atomic E-state index is 10.8. The highest BCUT2D eigenvalue weighted by molar-refractivity contribution is 5.55. The van der Waals surface area contributed by atoms with Crippen LogP contribution in [0.4, 0.5) is 11.5 Å². The highest BCUT2D eigenvalue weighted by Crippen LogP contribution is 2.22. The summed E-state index contributed by atoms with van der Waals surface area (Å²) in [6.45, 7) is 4.52. The molecular formula is C11H17N3O3. The Morgan fingerprint density at radius 3 is 2.82 bits per heavy atom. The average molecular weight is 239 g/mol. The van der Waals surface area contributed by atoms with Gasteiger partial charge in [-0.25, -0.2) is 4.98 Å². The number of methoxy groups -OCH3 is 1. The highest BCUT2D eigenvalue weighted by Gasteiger charge is 2.19. The predicted molar refractivity (Wildman–Crippen MR) is 65.0 cm³/mol. The lowest BCUT2D eigenvalue weighted by Crippen LogP contribution is -2.31. The molecule has 1 rings (SSSR count). The van der Waals surface area contributed by atoms with E-state index >= 15 is 0 Å². The largest absolute Gasteiger partial charge is 0.383 e. The summed E-state index contributed by atoms with van der Waals surface area (Å²) in [5.41, 5.74) is -0.0192. The molecule has 0 aliphatic heterocycles. The van der Waals surface area contributed by atoms with Crippen molar-refractivity contribution in [2.75, 3.05) is 19.0 Å². The summed E-state index contributed by atoms with van der Waals surface area (Å²) in [5, 5.41) is 13.9. The molecule has 6 nitrogen and oxygen atoms in total. The van der Waals surface area contributed by atoms with E-state index in [2.05, 4.69) is 10.3 Å². The first-order valence-electron chi connectivity index (χ1n) is 5.41. The molecule has 1 aromatic heterocycles. The summed E-state index contributed by atoms with van der Waals surface area (Å²) in [6, 6.07) is 2.97. The minimum absolute atomic E-state index is 0.00593. The Hall–Kier alpha value is -1.69. The predicted octanol–water partition coefficient (Wildman–Crippen LogP) is 2.07. The third kappa shape index (κ3) is 3.67. The van der Waals surface area contributed by atoms with E-state index in [-0.39, 0.29) is 23.5 Å². The van der Waals surface area contributed by atoms with E-state index < -0.39 is 4.92 Å². The molecule has 0 amide bonds. The van der Waals surface area contributed by atoms with Gasteiger partial charge in [0.1, 0.15) is 0 Å². The first-order valence-corrected chi connectivity index (χ1v) is 5.41. The zero-order valence-electron chi connectivity index (χ0n) is 10.2. The maximum Gasteiger partial charge on any atom is 0.311 e. The third-order valence-corrected chi connectivity index (χ3v) is 2.46. The van der Waals surface area contributed by atoms with Crippen LogP contribution >= 0.6 is 0 Å². The zero-order valence-corrected chi connectivity index (χ0v) is 10.2. The number of nitrogens with zero attached hydrogens (tertiary/aromatic N) is 2. The van der Waals surface area contributed by atoms with Crippen molar-refractivity contribution in [3.05, 3.63) is 28.4 Å². The third-order valence-electron chi connectivity index (χ3n) is 2.46. The molecular weight excluding hydrogens is 222 g/mol. The van der Waals surface area contributed by atoms with Gasteiger partial charge in [0.05, 0.1) is 17.6 Å². The number of nitro groups is 1. The lowest BCUT2D eigenvalue weighted by molar-refractivity contribution is -0.384. The second-order valence-electron chi connectivity index (χ2n) is 4.08. The summed E-state index contributed by atoms with van der Waals surface area (Å²) in [5.74, 6) is 0.574. The number of hydrogen-bond acceptors (Lipinski definition) is 5. The van der Waals surface area contributed by atoms with E-state index in [1.54, 1.807) is 13.2 Å². The van der Waals surface area contributed by atoms with Crippen molar-refractivity contribution in [2.24, 2.45) is 5.92 Å². The molecule has 0 saturated carbocycles. The van der Waals surface area contributed by atoms with Crippen LogP contribution in [0.3, 0.4) is 0 Å². The van der Waals surface area contributed by atoms with E-state index in [0.717, 1.165) is 0 Å². The minimum atomic E-state index is -0.445. The van der Waals surface area contributed by atoms with Crippen molar-refractivity contribution in [1.29, 1.82) is 0 Å². The van der Waals surface area contributed by atoms with E-state index in [1.165, 1.54) is 12.3 Å². The fourth-order valence-corrected chi connectivity index (χ4v) is 1.41. The fraction of sp³-hybridized carbons (Fsp3) is 0.545. The van der Waals surface area contributed by atoms with Crippen LogP contribution in [0.15, 0.2) is 18.3 Å². The molecule has 0 aliphatic carbocycles. The molecule has 0 radical (unpaired) electrons. The Balaban J connectivity index is 2.88. The van der Waals surface area contributed by atoms with Gasteiger partial charge in [-0.1, -0.05) is 13.8 Å². The van der Waals surface area contributed by atoms with Crippen molar-refractivity contribution in [3.63, 3.8) is 0 Å². The topological polar surface area (TPSA) is 77.3 Å². The zero-order chi connectivity index (χ0) is 12.8. The summed E-state index contributed by atoms with van der Waals surface area (Å²) in [4.78, 5) is 14.4. The van der Waals surface area contributed by atoms with Crippen molar-refractivity contribution in [3.8, 4) is 0 Å². The van der Waals surface area contributed by atoms with Crippen LogP contribution < -0.4 is 5.32 Å². The quantitative estimate of drug-likeness (QED) is 0.607. The summed E-state index contributed by atoms with van der Waals surface area (Å²) < 4.78 is 5.08. The van der Waals surface area contributed by atoms with Crippen molar-refractivity contribution in [2.45, 2.75) is 19.9 Å². The van der Waals surface area contributed by atoms with Gasteiger partial charge < -0.3 is 10.1 Å². The van der Waals surface area contributed by atoms with E-state index in [0.29, 0.717) is 6.61 Å². The van der Waals surface area contributed by atoms with Gasteiger partial charge in [-0.3, -0.25) is 10.1 Å². The van der Waals surface area contributed by atoms with Gasteiger partial charge >= 0.3 is 5.69 Å². The Labute approximate surface area is 100 Å². The van der Waals surface area contributed by atoms with Crippen molar-refractivity contribution < 1.29 is 9.66 Å². The molecule has 1 aromatic rings. The smallest absolute Gasteiger partial charge is 0.311 e. The van der Waals surface area contributed by atoms with Gasteiger partial charge in [0, 0.05) is 19.4 Å². The molecule has 94 valence electrons. The Morgan fingerprint density at radius 2 is 2.29 bits per heavy atom. The summed E-state index contributed by atoms with van der Waals surface area (Å²) in [7, 11) is 1.60. The number of pyridine rings is 1. The van der Waals surface area contributed by atoms with Crippen LogP contribution in [0.1, 0.15) is 13.8 Å². The molecule has 1 atom stereocenters. The number of rotatable bonds is 6. The molecule has 0 bridgehead atoms. The molecule has 0 aromatic carbocycles. The van der Waals surface area contributed by atoms with Crippen LogP contribution in [0.2, 0.25) is 0 Å². The summed E-state index contributed by atoms with van der Waals surface area (Å²) >= 11 is 0. The van der Waals surface area contributed by atoms with Crippen LogP contribution in [-0.4, -0.2) is 29.7 Å². The van der Waals surface area contributed by atoms with Gasteiger partial charge in [0.2, 0.25) is 5.82 Å². The van der Waals surface area contributed by atoms with Crippen LogP contribution in [-0.2, 0) is 4.74 Å². The number of anilines is 1. The molecule has 0 spiro atoms. The monoisotopic (exact) mass is 239 g/mol. The molecule has 0 fully saturated rings. The van der Waals surface area contributed by atoms with Crippen LogP contribution in [0.5, 0.6) is 0 Å². The second kappa shape index (κ2) is 6.15. The van der Waals surface area contributed by atoms with Crippen molar-refractivity contribution in [1.82, 2.24) is 4.98 Å². The normalized spacial score (nSPS) is 12.5. The minimum Gasteiger partial charge on any atom is -0.383 e. The maximum absolute atomic E-state index is 10.8. The Bertz CT molecular complexity index is 382. The molecule has 0 saturated heterocycles. The Kier molecular flexibility index (Phi) is 4.84. The van der Waals surface area contributed by atoms with Gasteiger partial charge in [-0.2, -0.15) is 0 Å². The van der Waals surface area contributed by atoms with Gasteiger partial charge in [-0.15, -0.1) is 0 Å². The molecule has 17 heavy (non-hydrogen) atoms. The molecule has 1 unspecified atom stereocenters. The first kappa shape index (κ1) is 13.4.